The van der Waals surface area contributed by atoms with E-state index >= 15 is 0 Å². The minimum atomic E-state index is -0.896. The number of methoxy groups -OCH3 is 1. The van der Waals surface area contributed by atoms with Crippen molar-refractivity contribution < 1.29 is 23.0 Å². The highest BCUT2D eigenvalue weighted by atomic mass is 19.2. The maximum absolute atomic E-state index is 13.4. The average molecular weight is 327 g/mol. The zero-order valence-corrected chi connectivity index (χ0v) is 13.5. The number of ether oxygens (including phenoxy) is 2. The van der Waals surface area contributed by atoms with Crippen molar-refractivity contribution in [1.29, 1.82) is 0 Å². The third-order valence-electron chi connectivity index (χ3n) is 4.11. The van der Waals surface area contributed by atoms with Crippen molar-refractivity contribution in [3.05, 3.63) is 35.4 Å². The maximum Gasteiger partial charge on any atom is 0.322 e. The van der Waals surface area contributed by atoms with Crippen molar-refractivity contribution in [3.63, 3.8) is 0 Å². The first-order chi connectivity index (χ1) is 11.1. The molecule has 1 fully saturated rings. The summed E-state index contributed by atoms with van der Waals surface area (Å²) >= 11 is 0. The van der Waals surface area contributed by atoms with Crippen molar-refractivity contribution in [2.24, 2.45) is 0 Å². The quantitative estimate of drug-likeness (QED) is 0.782. The van der Waals surface area contributed by atoms with Crippen LogP contribution in [0.1, 0.15) is 44.3 Å². The van der Waals surface area contributed by atoms with Crippen molar-refractivity contribution in [2.45, 2.75) is 50.8 Å². The average Bonchev–Trinajstić information content (AvgIpc) is 3.01. The van der Waals surface area contributed by atoms with E-state index in [9.17, 15) is 13.6 Å². The zero-order valence-electron chi connectivity index (χ0n) is 13.5. The smallest absolute Gasteiger partial charge is 0.322 e. The molecule has 1 aliphatic heterocycles. The van der Waals surface area contributed by atoms with Crippen molar-refractivity contribution in [3.8, 4) is 0 Å². The van der Waals surface area contributed by atoms with Crippen LogP contribution in [-0.2, 0) is 14.3 Å². The molecule has 1 aromatic carbocycles. The monoisotopic (exact) mass is 327 g/mol. The number of unbranched alkanes of at least 4 members (excludes halogenated alkanes) is 1. The molecular weight excluding hydrogens is 304 g/mol. The van der Waals surface area contributed by atoms with Gasteiger partial charge in [0.1, 0.15) is 6.04 Å². The van der Waals surface area contributed by atoms with Crippen LogP contribution in [0, 0.1) is 11.6 Å². The van der Waals surface area contributed by atoms with E-state index in [1.807, 2.05) is 0 Å². The summed E-state index contributed by atoms with van der Waals surface area (Å²) in [6, 6.07) is 3.21. The van der Waals surface area contributed by atoms with E-state index in [1.165, 1.54) is 13.2 Å². The van der Waals surface area contributed by atoms with Gasteiger partial charge in [-0.15, -0.1) is 0 Å². The molecule has 0 aromatic heterocycles. The molecule has 0 bridgehead atoms. The van der Waals surface area contributed by atoms with Gasteiger partial charge < -0.3 is 9.47 Å². The molecule has 0 spiro atoms. The van der Waals surface area contributed by atoms with Crippen molar-refractivity contribution >= 4 is 5.97 Å². The SMILES string of the molecule is CCCCC(N[C@@H]1CCO[C@H]1c1ccc(F)c(F)c1)C(=O)OC. The summed E-state index contributed by atoms with van der Waals surface area (Å²) in [5.41, 5.74) is 0.568. The van der Waals surface area contributed by atoms with E-state index in [-0.39, 0.29) is 12.0 Å². The van der Waals surface area contributed by atoms with Gasteiger partial charge in [-0.2, -0.15) is 0 Å². The normalized spacial score (nSPS) is 22.1. The summed E-state index contributed by atoms with van der Waals surface area (Å²) in [7, 11) is 1.36. The maximum atomic E-state index is 13.4. The minimum Gasteiger partial charge on any atom is -0.468 e. The summed E-state index contributed by atoms with van der Waals surface area (Å²) in [5, 5.41) is 3.27. The fourth-order valence-corrected chi connectivity index (χ4v) is 2.86. The van der Waals surface area contributed by atoms with E-state index in [0.29, 0.717) is 25.0 Å². The van der Waals surface area contributed by atoms with E-state index in [0.717, 1.165) is 25.0 Å². The molecule has 128 valence electrons. The highest BCUT2D eigenvalue weighted by Gasteiger charge is 2.33. The molecule has 0 aliphatic carbocycles. The van der Waals surface area contributed by atoms with Crippen LogP contribution in [0.15, 0.2) is 18.2 Å². The highest BCUT2D eigenvalue weighted by Crippen LogP contribution is 2.30. The molecule has 2 rings (SSSR count). The van der Waals surface area contributed by atoms with Crippen LogP contribution in [0.4, 0.5) is 8.78 Å². The first-order valence-electron chi connectivity index (χ1n) is 7.97. The Morgan fingerprint density at radius 1 is 1.43 bits per heavy atom. The molecule has 1 unspecified atom stereocenters. The lowest BCUT2D eigenvalue weighted by atomic mass is 10.00. The van der Waals surface area contributed by atoms with Crippen LogP contribution >= 0.6 is 0 Å². The van der Waals surface area contributed by atoms with Crippen molar-refractivity contribution in [1.82, 2.24) is 5.32 Å². The number of esters is 1. The third-order valence-corrected chi connectivity index (χ3v) is 4.11. The largest absolute Gasteiger partial charge is 0.468 e. The first kappa shape index (κ1) is 17.8. The van der Waals surface area contributed by atoms with Gasteiger partial charge in [0, 0.05) is 12.6 Å². The Morgan fingerprint density at radius 2 is 2.22 bits per heavy atom. The lowest BCUT2D eigenvalue weighted by molar-refractivity contribution is -0.143. The Balaban J connectivity index is 2.10. The van der Waals surface area contributed by atoms with Crippen LogP contribution in [0.3, 0.4) is 0 Å². The van der Waals surface area contributed by atoms with Crippen LogP contribution in [0.25, 0.3) is 0 Å². The summed E-state index contributed by atoms with van der Waals surface area (Å²) < 4.78 is 37.0. The van der Waals surface area contributed by atoms with Gasteiger partial charge in [0.15, 0.2) is 11.6 Å². The van der Waals surface area contributed by atoms with Crippen LogP contribution in [0.5, 0.6) is 0 Å². The Bertz CT molecular complexity index is 539. The van der Waals surface area contributed by atoms with Crippen LogP contribution in [-0.4, -0.2) is 31.8 Å². The molecule has 4 nitrogen and oxygen atoms in total. The van der Waals surface area contributed by atoms with E-state index in [1.54, 1.807) is 0 Å². The number of benzene rings is 1. The number of carbonyl (C=O) groups excluding carboxylic acids is 1. The molecule has 6 heteroatoms. The van der Waals surface area contributed by atoms with Gasteiger partial charge in [0.2, 0.25) is 0 Å². The van der Waals surface area contributed by atoms with Crippen LogP contribution < -0.4 is 5.32 Å². The molecule has 1 N–H and O–H groups in total. The Hall–Kier alpha value is -1.53. The predicted molar refractivity (Wildman–Crippen MR) is 81.9 cm³/mol. The fraction of sp³-hybridized carbons (Fsp3) is 0.588. The molecule has 1 saturated heterocycles. The van der Waals surface area contributed by atoms with Gasteiger partial charge in [-0.05, 0) is 30.5 Å². The standard InChI is InChI=1S/C17H23F2NO3/c1-3-4-5-15(17(21)22-2)20-14-8-9-23-16(14)11-6-7-12(18)13(19)10-11/h6-7,10,14-16,20H,3-5,8-9H2,1-2H3/t14-,15?,16+/m1/s1. The molecular formula is C17H23F2NO3. The van der Waals surface area contributed by atoms with E-state index in [4.69, 9.17) is 9.47 Å². The Labute approximate surface area is 135 Å². The van der Waals surface area contributed by atoms with Gasteiger partial charge in [-0.3, -0.25) is 10.1 Å². The molecule has 23 heavy (non-hydrogen) atoms. The van der Waals surface area contributed by atoms with Gasteiger partial charge >= 0.3 is 5.97 Å². The molecule has 0 radical (unpaired) electrons. The first-order valence-corrected chi connectivity index (χ1v) is 7.97. The summed E-state index contributed by atoms with van der Waals surface area (Å²) in [6.45, 7) is 2.56. The summed E-state index contributed by atoms with van der Waals surface area (Å²) in [4.78, 5) is 11.9. The predicted octanol–water partition coefficient (Wildman–Crippen LogP) is 3.12. The number of carbonyl (C=O) groups is 1. The van der Waals surface area contributed by atoms with Crippen LogP contribution in [0.2, 0.25) is 0 Å². The number of rotatable bonds is 7. The fourth-order valence-electron chi connectivity index (χ4n) is 2.86. The summed E-state index contributed by atoms with van der Waals surface area (Å²) in [5.74, 6) is -2.09. The summed E-state index contributed by atoms with van der Waals surface area (Å²) in [6.07, 6.45) is 2.84. The molecule has 1 aromatic rings. The lowest BCUT2D eigenvalue weighted by Crippen LogP contribution is -2.45. The number of halogens is 2. The molecule has 1 heterocycles. The number of hydrogen-bond acceptors (Lipinski definition) is 4. The second-order valence-electron chi connectivity index (χ2n) is 5.74. The van der Waals surface area contributed by atoms with Crippen molar-refractivity contribution in [2.75, 3.05) is 13.7 Å². The zero-order chi connectivity index (χ0) is 16.8. The molecule has 1 aliphatic rings. The third kappa shape index (κ3) is 4.48. The Morgan fingerprint density at radius 3 is 2.87 bits per heavy atom. The van der Waals surface area contributed by atoms with Gasteiger partial charge in [0.05, 0.1) is 13.2 Å². The number of nitrogens with one attached hydrogen (secondary N) is 1. The highest BCUT2D eigenvalue weighted by molar-refractivity contribution is 5.75. The topological polar surface area (TPSA) is 47.6 Å². The number of hydrogen-bond donors (Lipinski definition) is 1. The molecule has 0 saturated carbocycles. The van der Waals surface area contributed by atoms with Gasteiger partial charge in [-0.1, -0.05) is 25.8 Å². The van der Waals surface area contributed by atoms with Gasteiger partial charge in [0.25, 0.3) is 0 Å². The Kier molecular flexibility index (Phi) is 6.47. The van der Waals surface area contributed by atoms with E-state index < -0.39 is 23.8 Å². The van der Waals surface area contributed by atoms with E-state index in [2.05, 4.69) is 12.2 Å². The second kappa shape index (κ2) is 8.36. The van der Waals surface area contributed by atoms with Gasteiger partial charge in [-0.25, -0.2) is 8.78 Å². The minimum absolute atomic E-state index is 0.138. The second-order valence-corrected chi connectivity index (χ2v) is 5.74. The molecule has 0 amide bonds. The lowest BCUT2D eigenvalue weighted by Gasteiger charge is -2.25. The molecule has 3 atom stereocenters.